The van der Waals surface area contributed by atoms with E-state index in [1.54, 1.807) is 36.4 Å². The van der Waals surface area contributed by atoms with Crippen LogP contribution >= 0.6 is 0 Å². The van der Waals surface area contributed by atoms with Crippen LogP contribution in [0.1, 0.15) is 17.7 Å². The number of aryl methyl sites for hydroxylation is 1. The lowest BCUT2D eigenvalue weighted by Crippen LogP contribution is -2.40. The summed E-state index contributed by atoms with van der Waals surface area (Å²) in [4.78, 5) is 0.156. The fourth-order valence-electron chi connectivity index (χ4n) is 2.81. The van der Waals surface area contributed by atoms with Gasteiger partial charge in [0.1, 0.15) is 5.76 Å². The molecule has 0 unspecified atom stereocenters. The van der Waals surface area contributed by atoms with Gasteiger partial charge < -0.3 is 4.42 Å². The summed E-state index contributed by atoms with van der Waals surface area (Å²) in [7, 11) is -7.02. The molecule has 0 saturated carbocycles. The van der Waals surface area contributed by atoms with Crippen LogP contribution in [-0.2, 0) is 26.4 Å². The van der Waals surface area contributed by atoms with Crippen molar-refractivity contribution < 1.29 is 21.3 Å². The Morgan fingerprint density at radius 1 is 1.21 bits per heavy atom. The molecule has 1 atom stereocenters. The number of nitrogens with zero attached hydrogens (tertiary/aromatic N) is 1. The van der Waals surface area contributed by atoms with Crippen LogP contribution in [0.15, 0.2) is 52.0 Å². The zero-order valence-corrected chi connectivity index (χ0v) is 14.9. The minimum Gasteiger partial charge on any atom is -0.468 e. The van der Waals surface area contributed by atoms with Crippen molar-refractivity contribution in [1.29, 1.82) is 0 Å². The number of benzene rings is 1. The first-order valence-corrected chi connectivity index (χ1v) is 10.9. The number of sulfonamides is 1. The molecule has 1 aromatic heterocycles. The van der Waals surface area contributed by atoms with Crippen LogP contribution < -0.4 is 0 Å². The van der Waals surface area contributed by atoms with Gasteiger partial charge >= 0.3 is 0 Å². The van der Waals surface area contributed by atoms with Crippen LogP contribution in [0, 0.1) is 6.92 Å². The molecule has 0 N–H and O–H groups in total. The lowest BCUT2D eigenvalue weighted by atomic mass is 10.2. The van der Waals surface area contributed by atoms with Crippen LogP contribution in [0.2, 0.25) is 0 Å². The second-order valence-corrected chi connectivity index (χ2v) is 10.1. The smallest absolute Gasteiger partial charge is 0.243 e. The van der Waals surface area contributed by atoms with Crippen LogP contribution in [0.25, 0.3) is 0 Å². The summed E-state index contributed by atoms with van der Waals surface area (Å²) in [6.45, 7) is 1.89. The van der Waals surface area contributed by atoms with Gasteiger partial charge in [-0.15, -0.1) is 0 Å². The molecule has 0 bridgehead atoms. The lowest BCUT2D eigenvalue weighted by Gasteiger charge is -2.26. The molecule has 24 heavy (non-hydrogen) atoms. The van der Waals surface area contributed by atoms with Gasteiger partial charge in [-0.05, 0) is 37.6 Å². The third-order valence-corrected chi connectivity index (χ3v) is 7.80. The highest BCUT2D eigenvalue weighted by Crippen LogP contribution is 2.27. The van der Waals surface area contributed by atoms with Crippen molar-refractivity contribution in [1.82, 2.24) is 4.31 Å². The minimum absolute atomic E-state index is 0.00966. The highest BCUT2D eigenvalue weighted by atomic mass is 32.2. The Labute approximate surface area is 142 Å². The standard InChI is InChI=1S/C16H19NO5S2/c1-13-4-6-16(7-5-13)24(20,21)17(11-15-3-2-9-22-15)14-8-10-23(18,19)12-14/h2-7,9,14H,8,10-12H2,1H3/t14-/m1/s1. The topological polar surface area (TPSA) is 84.7 Å². The third-order valence-electron chi connectivity index (χ3n) is 4.14. The van der Waals surface area contributed by atoms with E-state index in [2.05, 4.69) is 0 Å². The Balaban J connectivity index is 1.98. The second-order valence-electron chi connectivity index (χ2n) is 6.00. The Kier molecular flexibility index (Phi) is 4.54. The molecule has 0 spiro atoms. The van der Waals surface area contributed by atoms with Gasteiger partial charge in [0.05, 0.1) is 29.2 Å². The largest absolute Gasteiger partial charge is 0.468 e. The molecule has 3 rings (SSSR count). The van der Waals surface area contributed by atoms with Gasteiger partial charge in [-0.2, -0.15) is 4.31 Å². The van der Waals surface area contributed by atoms with E-state index < -0.39 is 25.9 Å². The quantitative estimate of drug-likeness (QED) is 0.804. The van der Waals surface area contributed by atoms with E-state index in [1.165, 1.54) is 10.6 Å². The summed E-state index contributed by atoms with van der Waals surface area (Å²) in [5, 5.41) is 0. The van der Waals surface area contributed by atoms with Gasteiger partial charge in [0.2, 0.25) is 10.0 Å². The molecule has 6 nitrogen and oxygen atoms in total. The molecular formula is C16H19NO5S2. The molecule has 1 aromatic carbocycles. The Morgan fingerprint density at radius 2 is 1.92 bits per heavy atom. The Morgan fingerprint density at radius 3 is 2.46 bits per heavy atom. The van der Waals surface area contributed by atoms with Crippen molar-refractivity contribution in [3.63, 3.8) is 0 Å². The highest BCUT2D eigenvalue weighted by Gasteiger charge is 2.39. The average molecular weight is 369 g/mol. The van der Waals surface area contributed by atoms with Gasteiger partial charge in [0.25, 0.3) is 0 Å². The zero-order chi connectivity index (χ0) is 17.4. The van der Waals surface area contributed by atoms with E-state index in [-0.39, 0.29) is 22.9 Å². The molecule has 8 heteroatoms. The summed E-state index contributed by atoms with van der Waals surface area (Å²) < 4.78 is 56.3. The first-order valence-electron chi connectivity index (χ1n) is 7.59. The Bertz CT molecular complexity index is 900. The predicted molar refractivity (Wildman–Crippen MR) is 89.7 cm³/mol. The average Bonchev–Trinajstić information content (AvgIpc) is 3.14. The predicted octanol–water partition coefficient (Wildman–Crippen LogP) is 1.97. The molecule has 0 radical (unpaired) electrons. The number of hydrogen-bond donors (Lipinski definition) is 0. The molecule has 1 aliphatic rings. The number of hydrogen-bond acceptors (Lipinski definition) is 5. The third kappa shape index (κ3) is 3.55. The SMILES string of the molecule is Cc1ccc(S(=O)(=O)N(Cc2ccco2)[C@@H]2CCS(=O)(=O)C2)cc1. The van der Waals surface area contributed by atoms with Gasteiger partial charge in [-0.25, -0.2) is 16.8 Å². The van der Waals surface area contributed by atoms with Crippen molar-refractivity contribution in [3.05, 3.63) is 54.0 Å². The monoisotopic (exact) mass is 369 g/mol. The maximum atomic E-state index is 13.1. The van der Waals surface area contributed by atoms with E-state index >= 15 is 0 Å². The maximum absolute atomic E-state index is 13.1. The number of rotatable bonds is 5. The molecule has 0 amide bonds. The highest BCUT2D eigenvalue weighted by molar-refractivity contribution is 7.92. The molecule has 2 heterocycles. The minimum atomic E-state index is -3.82. The van der Waals surface area contributed by atoms with Gasteiger partial charge in [0.15, 0.2) is 9.84 Å². The van der Waals surface area contributed by atoms with E-state index in [4.69, 9.17) is 4.42 Å². The van der Waals surface area contributed by atoms with Crippen LogP contribution in [0.3, 0.4) is 0 Å². The van der Waals surface area contributed by atoms with Gasteiger partial charge in [-0.1, -0.05) is 17.7 Å². The molecule has 130 valence electrons. The fraction of sp³-hybridized carbons (Fsp3) is 0.375. The first kappa shape index (κ1) is 17.2. The van der Waals surface area contributed by atoms with Crippen molar-refractivity contribution >= 4 is 19.9 Å². The number of sulfone groups is 1. The van der Waals surface area contributed by atoms with E-state index in [0.29, 0.717) is 12.2 Å². The summed E-state index contributed by atoms with van der Waals surface area (Å²) in [5.74, 6) is 0.337. The van der Waals surface area contributed by atoms with E-state index in [9.17, 15) is 16.8 Å². The van der Waals surface area contributed by atoms with E-state index in [1.807, 2.05) is 6.92 Å². The molecule has 1 aliphatic heterocycles. The molecule has 1 fully saturated rings. The van der Waals surface area contributed by atoms with Crippen LogP contribution in [0.4, 0.5) is 0 Å². The fourth-order valence-corrected chi connectivity index (χ4v) is 6.26. The second kappa shape index (κ2) is 6.34. The first-order chi connectivity index (χ1) is 11.3. The van der Waals surface area contributed by atoms with Crippen molar-refractivity contribution in [2.45, 2.75) is 30.8 Å². The maximum Gasteiger partial charge on any atom is 0.243 e. The van der Waals surface area contributed by atoms with Crippen LogP contribution in [-0.4, -0.2) is 38.7 Å². The van der Waals surface area contributed by atoms with Gasteiger partial charge in [-0.3, -0.25) is 0 Å². The van der Waals surface area contributed by atoms with Crippen molar-refractivity contribution in [2.75, 3.05) is 11.5 Å². The number of furan rings is 1. The van der Waals surface area contributed by atoms with E-state index in [0.717, 1.165) is 5.56 Å². The van der Waals surface area contributed by atoms with Crippen molar-refractivity contribution in [2.24, 2.45) is 0 Å². The van der Waals surface area contributed by atoms with Crippen LogP contribution in [0.5, 0.6) is 0 Å². The summed E-state index contributed by atoms with van der Waals surface area (Å²) in [6, 6.07) is 9.32. The lowest BCUT2D eigenvalue weighted by molar-refractivity contribution is 0.307. The van der Waals surface area contributed by atoms with Crippen molar-refractivity contribution in [3.8, 4) is 0 Å². The normalized spacial score (nSPS) is 20.5. The molecular weight excluding hydrogens is 350 g/mol. The van der Waals surface area contributed by atoms with Gasteiger partial charge in [0, 0.05) is 6.04 Å². The summed E-state index contributed by atoms with van der Waals surface area (Å²) in [6.07, 6.45) is 1.77. The Hall–Kier alpha value is -1.64. The molecule has 2 aromatic rings. The zero-order valence-electron chi connectivity index (χ0n) is 13.3. The summed E-state index contributed by atoms with van der Waals surface area (Å²) >= 11 is 0. The molecule has 1 saturated heterocycles. The summed E-state index contributed by atoms with van der Waals surface area (Å²) in [5.41, 5.74) is 0.954. The molecule has 0 aliphatic carbocycles.